The van der Waals surface area contributed by atoms with Crippen molar-refractivity contribution in [3.63, 3.8) is 0 Å². The molecule has 172 valence electrons. The molecule has 0 radical (unpaired) electrons. The Balaban J connectivity index is 1.60. The number of benzene rings is 2. The van der Waals surface area contributed by atoms with Crippen molar-refractivity contribution in [2.45, 2.75) is 13.0 Å². The Bertz CT molecular complexity index is 1110. The highest BCUT2D eigenvalue weighted by atomic mass is 35.5. The first-order valence-electron chi connectivity index (χ1n) is 10.3. The fourth-order valence-electron chi connectivity index (χ4n) is 3.48. The highest BCUT2D eigenvalue weighted by Crippen LogP contribution is 2.32. The van der Waals surface area contributed by atoms with Crippen molar-refractivity contribution >= 4 is 29.6 Å². The number of hydrogen-bond acceptors (Lipinski definition) is 7. The number of fused-ring (bicyclic) bond motifs is 1. The minimum absolute atomic E-state index is 0.128. The summed E-state index contributed by atoms with van der Waals surface area (Å²) >= 11 is 5.97. The first-order valence-corrected chi connectivity index (χ1v) is 10.6. The molecule has 0 aromatic heterocycles. The van der Waals surface area contributed by atoms with E-state index >= 15 is 0 Å². The van der Waals surface area contributed by atoms with Gasteiger partial charge in [0, 0.05) is 5.02 Å². The Morgan fingerprint density at radius 2 is 1.76 bits per heavy atom. The molecule has 0 aliphatic carbocycles. The number of rotatable bonds is 6. The van der Waals surface area contributed by atoms with Crippen LogP contribution < -0.4 is 20.1 Å². The smallest absolute Gasteiger partial charge is 0.338 e. The number of ether oxygens (including phenoxy) is 4. The van der Waals surface area contributed by atoms with Crippen molar-refractivity contribution in [3.05, 3.63) is 69.9 Å². The van der Waals surface area contributed by atoms with E-state index in [9.17, 15) is 14.4 Å². The van der Waals surface area contributed by atoms with Crippen LogP contribution in [-0.4, -0.2) is 44.4 Å². The molecule has 33 heavy (non-hydrogen) atoms. The van der Waals surface area contributed by atoms with E-state index < -0.39 is 24.0 Å². The highest BCUT2D eigenvalue weighted by molar-refractivity contribution is 6.30. The zero-order chi connectivity index (χ0) is 23.4. The van der Waals surface area contributed by atoms with Gasteiger partial charge in [-0.3, -0.25) is 0 Å². The number of carbonyl (C=O) groups excluding carboxylic acids is 3. The number of nitrogens with one attached hydrogen (secondary N) is 2. The Hall–Kier alpha value is -3.72. The predicted molar refractivity (Wildman–Crippen MR) is 117 cm³/mol. The monoisotopic (exact) mass is 472 g/mol. The fraction of sp³-hybridized carbons (Fsp3) is 0.261. The van der Waals surface area contributed by atoms with Gasteiger partial charge in [0.25, 0.3) is 0 Å². The van der Waals surface area contributed by atoms with Crippen molar-refractivity contribution in [2.75, 3.05) is 26.4 Å². The van der Waals surface area contributed by atoms with Crippen LogP contribution in [0.4, 0.5) is 4.79 Å². The number of esters is 2. The molecule has 0 bridgehead atoms. The van der Waals surface area contributed by atoms with E-state index in [1.54, 1.807) is 43.3 Å². The average Bonchev–Trinajstić information content (AvgIpc) is 2.82. The average molecular weight is 473 g/mol. The summed E-state index contributed by atoms with van der Waals surface area (Å²) in [6, 6.07) is 10.0. The first-order chi connectivity index (χ1) is 16.0. The standard InChI is InChI=1S/C23H21ClN2O7/c1-2-30-22(28)19-16(25-23(29)26-20(19)13-3-6-15(24)7-4-13)12-33-21(27)14-5-8-17-18(11-14)32-10-9-31-17/h3-8,11,20H,2,9-10,12H2,1H3,(H2,25,26,29)/t20-/m1/s1. The van der Waals surface area contributed by atoms with E-state index in [0.29, 0.717) is 35.3 Å². The van der Waals surface area contributed by atoms with Gasteiger partial charge in [-0.15, -0.1) is 0 Å². The number of halogens is 1. The Labute approximate surface area is 194 Å². The maximum Gasteiger partial charge on any atom is 0.338 e. The SMILES string of the molecule is CCOC(=O)C1=C(COC(=O)c2ccc3c(c2)OCCO3)NC(=O)N[C@@H]1c1ccc(Cl)cc1. The lowest BCUT2D eigenvalue weighted by Crippen LogP contribution is -2.47. The topological polar surface area (TPSA) is 112 Å². The van der Waals surface area contributed by atoms with Crippen molar-refractivity contribution in [1.82, 2.24) is 10.6 Å². The third-order valence-electron chi connectivity index (χ3n) is 4.98. The summed E-state index contributed by atoms with van der Waals surface area (Å²) in [5, 5.41) is 5.77. The molecule has 2 aliphatic rings. The fourth-order valence-corrected chi connectivity index (χ4v) is 3.60. The van der Waals surface area contributed by atoms with Crippen molar-refractivity contribution < 1.29 is 33.3 Å². The minimum Gasteiger partial charge on any atom is -0.486 e. The predicted octanol–water partition coefficient (Wildman–Crippen LogP) is 3.14. The summed E-state index contributed by atoms with van der Waals surface area (Å²) in [5.74, 6) is -0.310. The Morgan fingerprint density at radius 3 is 2.48 bits per heavy atom. The molecule has 0 unspecified atom stereocenters. The maximum atomic E-state index is 12.8. The molecule has 2 aliphatic heterocycles. The zero-order valence-electron chi connectivity index (χ0n) is 17.7. The van der Waals surface area contributed by atoms with Gasteiger partial charge in [-0.05, 0) is 42.8 Å². The molecular formula is C23H21ClN2O7. The second-order valence-corrected chi connectivity index (χ2v) is 7.57. The normalized spacial score (nSPS) is 17.0. The molecule has 9 nitrogen and oxygen atoms in total. The van der Waals surface area contributed by atoms with Gasteiger partial charge < -0.3 is 29.6 Å². The molecule has 4 rings (SSSR count). The van der Waals surface area contributed by atoms with Crippen LogP contribution in [0.15, 0.2) is 53.7 Å². The van der Waals surface area contributed by atoms with Gasteiger partial charge in [-0.25, -0.2) is 14.4 Å². The van der Waals surface area contributed by atoms with Gasteiger partial charge in [-0.1, -0.05) is 23.7 Å². The van der Waals surface area contributed by atoms with Gasteiger partial charge >= 0.3 is 18.0 Å². The lowest BCUT2D eigenvalue weighted by molar-refractivity contribution is -0.139. The molecule has 2 aromatic carbocycles. The minimum atomic E-state index is -0.807. The van der Waals surface area contributed by atoms with Crippen molar-refractivity contribution in [2.24, 2.45) is 0 Å². The summed E-state index contributed by atoms with van der Waals surface area (Å²) in [6.45, 7) is 2.27. The molecule has 2 heterocycles. The van der Waals surface area contributed by atoms with E-state index in [2.05, 4.69) is 10.6 Å². The maximum absolute atomic E-state index is 12.8. The molecule has 2 N–H and O–H groups in total. The second-order valence-electron chi connectivity index (χ2n) is 7.13. The van der Waals surface area contributed by atoms with Crippen LogP contribution in [0.5, 0.6) is 11.5 Å². The molecule has 2 aromatic rings. The molecule has 0 saturated carbocycles. The highest BCUT2D eigenvalue weighted by Gasteiger charge is 2.34. The lowest BCUT2D eigenvalue weighted by Gasteiger charge is -2.29. The van der Waals surface area contributed by atoms with Crippen LogP contribution in [0, 0.1) is 0 Å². The Morgan fingerprint density at radius 1 is 1.03 bits per heavy atom. The van der Waals surface area contributed by atoms with Crippen LogP contribution in [-0.2, 0) is 14.3 Å². The van der Waals surface area contributed by atoms with E-state index in [1.807, 2.05) is 0 Å². The molecule has 10 heteroatoms. The van der Waals surface area contributed by atoms with Crippen LogP contribution in [0.2, 0.25) is 5.02 Å². The summed E-state index contributed by atoms with van der Waals surface area (Å²) < 4.78 is 21.5. The first kappa shape index (κ1) is 22.5. The van der Waals surface area contributed by atoms with Gasteiger partial charge in [-0.2, -0.15) is 0 Å². The largest absolute Gasteiger partial charge is 0.486 e. The van der Waals surface area contributed by atoms with E-state index in [0.717, 1.165) is 0 Å². The van der Waals surface area contributed by atoms with Crippen LogP contribution in [0.1, 0.15) is 28.9 Å². The number of hydrogen-bond donors (Lipinski definition) is 2. The van der Waals surface area contributed by atoms with E-state index in [-0.39, 0.29) is 30.0 Å². The molecule has 0 spiro atoms. The molecular weight excluding hydrogens is 452 g/mol. The third kappa shape index (κ3) is 5.04. The summed E-state index contributed by atoms with van der Waals surface area (Å²) in [6.07, 6.45) is 0. The Kier molecular flexibility index (Phi) is 6.69. The second kappa shape index (κ2) is 9.83. The van der Waals surface area contributed by atoms with Gasteiger partial charge in [0.2, 0.25) is 0 Å². The quantitative estimate of drug-likeness (QED) is 0.621. The summed E-state index contributed by atoms with van der Waals surface area (Å²) in [4.78, 5) is 37.7. The van der Waals surface area contributed by atoms with Crippen molar-refractivity contribution in [3.8, 4) is 11.5 Å². The van der Waals surface area contributed by atoms with E-state index in [1.165, 1.54) is 6.07 Å². The summed E-state index contributed by atoms with van der Waals surface area (Å²) in [5.41, 5.74) is 1.12. The zero-order valence-corrected chi connectivity index (χ0v) is 18.4. The third-order valence-corrected chi connectivity index (χ3v) is 5.23. The lowest BCUT2D eigenvalue weighted by atomic mass is 9.95. The molecule has 0 fully saturated rings. The van der Waals surface area contributed by atoms with Gasteiger partial charge in [0.15, 0.2) is 11.5 Å². The van der Waals surface area contributed by atoms with Crippen LogP contribution >= 0.6 is 11.6 Å². The van der Waals surface area contributed by atoms with Gasteiger partial charge in [0.05, 0.1) is 29.5 Å². The number of urea groups is 1. The van der Waals surface area contributed by atoms with Gasteiger partial charge in [0.1, 0.15) is 19.8 Å². The van der Waals surface area contributed by atoms with Crippen LogP contribution in [0.3, 0.4) is 0 Å². The van der Waals surface area contributed by atoms with Crippen molar-refractivity contribution in [1.29, 1.82) is 0 Å². The number of amides is 2. The van der Waals surface area contributed by atoms with Crippen LogP contribution in [0.25, 0.3) is 0 Å². The summed E-state index contributed by atoms with van der Waals surface area (Å²) in [7, 11) is 0. The molecule has 2 amide bonds. The number of carbonyl (C=O) groups is 3. The molecule has 0 saturated heterocycles. The molecule has 1 atom stereocenters. The van der Waals surface area contributed by atoms with E-state index in [4.69, 9.17) is 30.5 Å².